The third kappa shape index (κ3) is 3.44. The van der Waals surface area contributed by atoms with Crippen molar-refractivity contribution in [1.29, 1.82) is 0 Å². The van der Waals surface area contributed by atoms with Gasteiger partial charge in [0.05, 0.1) is 13.0 Å². The van der Waals surface area contributed by atoms with E-state index in [1.807, 2.05) is 6.92 Å². The number of ether oxygens (including phenoxy) is 1. The van der Waals surface area contributed by atoms with Crippen molar-refractivity contribution < 1.29 is 9.53 Å². The summed E-state index contributed by atoms with van der Waals surface area (Å²) in [5.74, 6) is 0.730. The minimum atomic E-state index is -0.00343. The first-order valence-corrected chi connectivity index (χ1v) is 7.21. The molecule has 98 valence electrons. The molecule has 1 atom stereocenters. The number of nitrogens with zero attached hydrogens (tertiary/aromatic N) is 1. The topological polar surface area (TPSA) is 29.5 Å². The van der Waals surface area contributed by atoms with Gasteiger partial charge in [-0.15, -0.1) is 0 Å². The van der Waals surface area contributed by atoms with Gasteiger partial charge in [-0.05, 0) is 51.6 Å². The van der Waals surface area contributed by atoms with Crippen LogP contribution in [-0.4, -0.2) is 36.6 Å². The largest absolute Gasteiger partial charge is 0.466 e. The predicted octanol–water partition coefficient (Wildman–Crippen LogP) is 2.59. The normalized spacial score (nSPS) is 24.1. The molecule has 1 aliphatic carbocycles. The molecule has 1 saturated heterocycles. The van der Waals surface area contributed by atoms with Crippen LogP contribution in [0.1, 0.15) is 51.9 Å². The molecule has 2 rings (SSSR count). The number of hydrogen-bond acceptors (Lipinski definition) is 3. The number of likely N-dealkylation sites (tertiary alicyclic amines) is 1. The Balaban J connectivity index is 1.93. The Kier molecular flexibility index (Phi) is 4.84. The summed E-state index contributed by atoms with van der Waals surface area (Å²) in [6.07, 6.45) is 8.51. The minimum absolute atomic E-state index is 0.00343. The molecule has 0 aromatic rings. The maximum Gasteiger partial charge on any atom is 0.307 e. The van der Waals surface area contributed by atoms with E-state index in [0.29, 0.717) is 19.1 Å². The number of carbonyl (C=O) groups is 1. The molecule has 0 spiro atoms. The molecular formula is C14H25NO2. The molecule has 1 heterocycles. The van der Waals surface area contributed by atoms with Crippen molar-refractivity contribution in [3.05, 3.63) is 0 Å². The van der Waals surface area contributed by atoms with Crippen LogP contribution in [0.4, 0.5) is 0 Å². The fourth-order valence-corrected chi connectivity index (χ4v) is 3.40. The van der Waals surface area contributed by atoms with E-state index in [4.69, 9.17) is 4.74 Å². The Bertz CT molecular complexity index is 227. The minimum Gasteiger partial charge on any atom is -0.466 e. The highest BCUT2D eigenvalue weighted by Gasteiger charge is 2.33. The predicted molar refractivity (Wildman–Crippen MR) is 67.8 cm³/mol. The maximum absolute atomic E-state index is 11.7. The van der Waals surface area contributed by atoms with Crippen LogP contribution >= 0.6 is 0 Å². The van der Waals surface area contributed by atoms with E-state index in [1.165, 1.54) is 51.6 Å². The fraction of sp³-hybridized carbons (Fsp3) is 0.929. The smallest absolute Gasteiger partial charge is 0.307 e. The van der Waals surface area contributed by atoms with Crippen LogP contribution < -0.4 is 0 Å². The molecule has 1 saturated carbocycles. The van der Waals surface area contributed by atoms with Crippen molar-refractivity contribution in [3.8, 4) is 0 Å². The average Bonchev–Trinajstić information content (AvgIpc) is 3.00. The van der Waals surface area contributed by atoms with E-state index in [2.05, 4.69) is 4.90 Å². The highest BCUT2D eigenvalue weighted by molar-refractivity contribution is 5.70. The first-order chi connectivity index (χ1) is 8.31. The first kappa shape index (κ1) is 12.9. The van der Waals surface area contributed by atoms with Gasteiger partial charge in [0, 0.05) is 6.04 Å². The zero-order chi connectivity index (χ0) is 12.1. The summed E-state index contributed by atoms with van der Waals surface area (Å²) in [6.45, 7) is 4.76. The quantitative estimate of drug-likeness (QED) is 0.691. The molecule has 1 unspecified atom stereocenters. The molecule has 0 aromatic carbocycles. The van der Waals surface area contributed by atoms with Gasteiger partial charge in [0.15, 0.2) is 0 Å². The van der Waals surface area contributed by atoms with Gasteiger partial charge in [0.25, 0.3) is 0 Å². The van der Waals surface area contributed by atoms with Crippen LogP contribution in [0.3, 0.4) is 0 Å². The van der Waals surface area contributed by atoms with Crippen LogP contribution in [-0.2, 0) is 9.53 Å². The van der Waals surface area contributed by atoms with Crippen LogP contribution in [0.5, 0.6) is 0 Å². The van der Waals surface area contributed by atoms with Crippen LogP contribution in [0.25, 0.3) is 0 Å². The van der Waals surface area contributed by atoms with Crippen molar-refractivity contribution in [3.63, 3.8) is 0 Å². The summed E-state index contributed by atoms with van der Waals surface area (Å²) in [4.78, 5) is 14.3. The van der Waals surface area contributed by atoms with Crippen LogP contribution in [0.2, 0.25) is 0 Å². The lowest BCUT2D eigenvalue weighted by molar-refractivity contribution is -0.145. The molecule has 0 radical (unpaired) electrons. The lowest BCUT2D eigenvalue weighted by Gasteiger charge is -2.31. The van der Waals surface area contributed by atoms with E-state index < -0.39 is 0 Å². The van der Waals surface area contributed by atoms with Gasteiger partial charge in [-0.3, -0.25) is 9.69 Å². The van der Waals surface area contributed by atoms with Crippen molar-refractivity contribution in [1.82, 2.24) is 4.90 Å². The van der Waals surface area contributed by atoms with Crippen molar-refractivity contribution in [2.45, 2.75) is 57.9 Å². The third-order valence-corrected chi connectivity index (χ3v) is 4.23. The molecule has 17 heavy (non-hydrogen) atoms. The first-order valence-electron chi connectivity index (χ1n) is 7.21. The zero-order valence-electron chi connectivity index (χ0n) is 11.0. The van der Waals surface area contributed by atoms with Crippen LogP contribution in [0, 0.1) is 5.92 Å². The summed E-state index contributed by atoms with van der Waals surface area (Å²) >= 11 is 0. The third-order valence-electron chi connectivity index (χ3n) is 4.23. The van der Waals surface area contributed by atoms with Crippen molar-refractivity contribution >= 4 is 5.97 Å². The van der Waals surface area contributed by atoms with E-state index in [0.717, 1.165) is 5.92 Å². The Morgan fingerprint density at radius 2 is 1.88 bits per heavy atom. The van der Waals surface area contributed by atoms with E-state index in [1.54, 1.807) is 0 Å². The Morgan fingerprint density at radius 3 is 2.47 bits per heavy atom. The molecule has 2 aliphatic rings. The lowest BCUT2D eigenvalue weighted by atomic mass is 9.94. The van der Waals surface area contributed by atoms with E-state index >= 15 is 0 Å². The van der Waals surface area contributed by atoms with Crippen molar-refractivity contribution in [2.24, 2.45) is 5.92 Å². The molecule has 0 N–H and O–H groups in total. The number of esters is 1. The lowest BCUT2D eigenvalue weighted by Crippen LogP contribution is -2.40. The molecule has 0 amide bonds. The summed E-state index contributed by atoms with van der Waals surface area (Å²) in [7, 11) is 0. The van der Waals surface area contributed by atoms with Gasteiger partial charge in [-0.1, -0.05) is 12.8 Å². The number of rotatable bonds is 5. The molecule has 2 fully saturated rings. The van der Waals surface area contributed by atoms with Gasteiger partial charge in [-0.2, -0.15) is 0 Å². The van der Waals surface area contributed by atoms with Gasteiger partial charge in [-0.25, -0.2) is 0 Å². The summed E-state index contributed by atoms with van der Waals surface area (Å²) in [5.41, 5.74) is 0. The Hall–Kier alpha value is -0.570. The van der Waals surface area contributed by atoms with Gasteiger partial charge < -0.3 is 4.74 Å². The van der Waals surface area contributed by atoms with Crippen molar-refractivity contribution in [2.75, 3.05) is 19.7 Å². The molecule has 1 aliphatic heterocycles. The van der Waals surface area contributed by atoms with E-state index in [-0.39, 0.29) is 5.97 Å². The standard InChI is InChI=1S/C14H25NO2/c1-2-17-14(16)11-13(12-7-3-4-8-12)15-9-5-6-10-15/h12-13H,2-11H2,1H3. The highest BCUT2D eigenvalue weighted by Crippen LogP contribution is 2.33. The summed E-state index contributed by atoms with van der Waals surface area (Å²) in [5, 5.41) is 0. The number of hydrogen-bond donors (Lipinski definition) is 0. The molecule has 0 aromatic heterocycles. The molecule has 3 nitrogen and oxygen atoms in total. The average molecular weight is 239 g/mol. The zero-order valence-corrected chi connectivity index (χ0v) is 11.0. The summed E-state index contributed by atoms with van der Waals surface area (Å²) < 4.78 is 5.13. The second-order valence-corrected chi connectivity index (χ2v) is 5.36. The molecule has 3 heteroatoms. The van der Waals surface area contributed by atoms with Crippen LogP contribution in [0.15, 0.2) is 0 Å². The second-order valence-electron chi connectivity index (χ2n) is 5.36. The fourth-order valence-electron chi connectivity index (χ4n) is 3.40. The summed E-state index contributed by atoms with van der Waals surface area (Å²) in [6, 6.07) is 0.457. The molecular weight excluding hydrogens is 214 g/mol. The van der Waals surface area contributed by atoms with Gasteiger partial charge in [0.2, 0.25) is 0 Å². The Morgan fingerprint density at radius 1 is 1.24 bits per heavy atom. The monoisotopic (exact) mass is 239 g/mol. The maximum atomic E-state index is 11.7. The Labute approximate surface area is 105 Å². The van der Waals surface area contributed by atoms with Gasteiger partial charge in [0.1, 0.15) is 0 Å². The second kappa shape index (κ2) is 6.39. The highest BCUT2D eigenvalue weighted by atomic mass is 16.5. The van der Waals surface area contributed by atoms with Gasteiger partial charge >= 0.3 is 5.97 Å². The van der Waals surface area contributed by atoms with E-state index in [9.17, 15) is 4.79 Å². The molecule has 0 bridgehead atoms. The number of carbonyl (C=O) groups excluding carboxylic acids is 1. The SMILES string of the molecule is CCOC(=O)CC(C1CCCC1)N1CCCC1.